The Morgan fingerprint density at radius 2 is 1.37 bits per heavy atom. The fraction of sp³-hybridized carbons (Fsp3) is 0.182. The average Bonchev–Trinajstić information content (AvgIpc) is 3.01. The van der Waals surface area contributed by atoms with Crippen molar-refractivity contribution in [2.24, 2.45) is 0 Å². The molecule has 8 heteroatoms. The Morgan fingerprint density at radius 1 is 0.756 bits per heavy atom. The van der Waals surface area contributed by atoms with Crippen molar-refractivity contribution in [3.63, 3.8) is 0 Å². The number of amides is 2. The van der Waals surface area contributed by atoms with Gasteiger partial charge in [0.05, 0.1) is 12.2 Å². The number of hydrogen-bond acceptors (Lipinski definition) is 6. The third kappa shape index (κ3) is 9.25. The number of carbonyl (C=O) groups is 3. The minimum atomic E-state index is -0.533. The molecular weight excluding hydrogens is 536 g/mol. The van der Waals surface area contributed by atoms with Gasteiger partial charge in [0.2, 0.25) is 5.91 Å². The van der Waals surface area contributed by atoms with Crippen molar-refractivity contribution in [2.45, 2.75) is 29.9 Å². The van der Waals surface area contributed by atoms with Gasteiger partial charge < -0.3 is 20.1 Å². The number of ether oxygens (including phenoxy) is 2. The molecule has 1 unspecified atom stereocenters. The van der Waals surface area contributed by atoms with Crippen molar-refractivity contribution in [1.29, 1.82) is 0 Å². The Balaban J connectivity index is 1.37. The van der Waals surface area contributed by atoms with Crippen molar-refractivity contribution in [2.75, 3.05) is 23.8 Å². The number of anilines is 2. The summed E-state index contributed by atoms with van der Waals surface area (Å²) in [6, 6.07) is 32.6. The van der Waals surface area contributed by atoms with Crippen LogP contribution in [0.1, 0.15) is 40.9 Å². The van der Waals surface area contributed by atoms with Crippen LogP contribution in [0.15, 0.2) is 114 Å². The summed E-state index contributed by atoms with van der Waals surface area (Å²) >= 11 is 1.40. The monoisotopic (exact) mass is 568 g/mol. The van der Waals surface area contributed by atoms with E-state index in [1.807, 2.05) is 67.6 Å². The minimum absolute atomic E-state index is 0.0994. The van der Waals surface area contributed by atoms with E-state index in [2.05, 4.69) is 10.6 Å². The zero-order chi connectivity index (χ0) is 28.9. The lowest BCUT2D eigenvalue weighted by Gasteiger charge is -2.17. The van der Waals surface area contributed by atoms with Crippen molar-refractivity contribution >= 4 is 40.9 Å². The van der Waals surface area contributed by atoms with Gasteiger partial charge in [-0.15, -0.1) is 11.8 Å². The van der Waals surface area contributed by atoms with Crippen molar-refractivity contribution in [1.82, 2.24) is 0 Å². The zero-order valence-electron chi connectivity index (χ0n) is 22.7. The fourth-order valence-electron chi connectivity index (χ4n) is 3.81. The van der Waals surface area contributed by atoms with Crippen molar-refractivity contribution in [3.8, 4) is 5.75 Å². The standard InChI is InChI=1S/C33H32N2O5S/c1-2-3-22-39-33(38)25-14-16-27(17-15-25)35-32(37)31(24-10-6-4-7-11-24)41-29-20-18-26(19-21-29)34-30(36)23-40-28-12-8-5-9-13-28/h4-21,31H,2-3,22-23H2,1H3,(H,34,36)(H,35,37). The molecule has 0 saturated carbocycles. The number of nitrogens with one attached hydrogen (secondary N) is 2. The molecule has 0 radical (unpaired) electrons. The maximum atomic E-state index is 13.4. The molecule has 41 heavy (non-hydrogen) atoms. The van der Waals surface area contributed by atoms with E-state index >= 15 is 0 Å². The van der Waals surface area contributed by atoms with Gasteiger partial charge in [0.25, 0.3) is 5.91 Å². The van der Waals surface area contributed by atoms with Gasteiger partial charge in [-0.05, 0) is 72.6 Å². The van der Waals surface area contributed by atoms with Crippen LogP contribution < -0.4 is 15.4 Å². The van der Waals surface area contributed by atoms with Crippen molar-refractivity contribution < 1.29 is 23.9 Å². The molecule has 0 bridgehead atoms. The number of rotatable bonds is 13. The molecule has 0 aliphatic heterocycles. The highest BCUT2D eigenvalue weighted by atomic mass is 32.2. The number of para-hydroxylation sites is 1. The van der Waals surface area contributed by atoms with Crippen LogP contribution >= 0.6 is 11.8 Å². The first-order valence-corrected chi connectivity index (χ1v) is 14.3. The van der Waals surface area contributed by atoms with Crippen LogP contribution in [0.5, 0.6) is 5.75 Å². The number of unbranched alkanes of at least 4 members (excludes halogenated alkanes) is 1. The molecule has 0 spiro atoms. The summed E-state index contributed by atoms with van der Waals surface area (Å²) in [4.78, 5) is 38.8. The summed E-state index contributed by atoms with van der Waals surface area (Å²) in [7, 11) is 0. The second-order valence-corrected chi connectivity index (χ2v) is 10.3. The fourth-order valence-corrected chi connectivity index (χ4v) is 4.83. The molecule has 2 amide bonds. The van der Waals surface area contributed by atoms with Crippen LogP contribution in [-0.2, 0) is 14.3 Å². The van der Waals surface area contributed by atoms with Crippen LogP contribution in [-0.4, -0.2) is 31.0 Å². The quantitative estimate of drug-likeness (QED) is 0.101. The first-order chi connectivity index (χ1) is 20.0. The Hall–Kier alpha value is -4.56. The van der Waals surface area contributed by atoms with Crippen LogP contribution in [0.25, 0.3) is 0 Å². The minimum Gasteiger partial charge on any atom is -0.484 e. The lowest BCUT2D eigenvalue weighted by molar-refractivity contribution is -0.118. The summed E-state index contributed by atoms with van der Waals surface area (Å²) in [5.41, 5.74) is 2.50. The number of esters is 1. The molecule has 1 atom stereocenters. The molecule has 0 fully saturated rings. The van der Waals surface area contributed by atoms with Gasteiger partial charge in [0, 0.05) is 16.3 Å². The molecule has 4 aromatic carbocycles. The molecule has 0 aliphatic rings. The number of carbonyl (C=O) groups excluding carboxylic acids is 3. The van der Waals surface area contributed by atoms with E-state index in [0.29, 0.717) is 29.3 Å². The van der Waals surface area contributed by atoms with Gasteiger partial charge in [-0.25, -0.2) is 4.79 Å². The van der Waals surface area contributed by atoms with Crippen LogP contribution in [0, 0.1) is 0 Å². The Kier molecular flexibility index (Phi) is 11.0. The highest BCUT2D eigenvalue weighted by molar-refractivity contribution is 8.00. The molecule has 0 saturated heterocycles. The Labute approximate surface area is 244 Å². The normalized spacial score (nSPS) is 11.2. The van der Waals surface area contributed by atoms with E-state index in [0.717, 1.165) is 23.3 Å². The third-order valence-corrected chi connectivity index (χ3v) is 7.23. The maximum Gasteiger partial charge on any atom is 0.338 e. The molecule has 2 N–H and O–H groups in total. The smallest absolute Gasteiger partial charge is 0.338 e. The highest BCUT2D eigenvalue weighted by Crippen LogP contribution is 2.36. The average molecular weight is 569 g/mol. The molecule has 4 rings (SSSR count). The Morgan fingerprint density at radius 3 is 2.02 bits per heavy atom. The lowest BCUT2D eigenvalue weighted by Crippen LogP contribution is -2.20. The lowest BCUT2D eigenvalue weighted by atomic mass is 10.1. The highest BCUT2D eigenvalue weighted by Gasteiger charge is 2.22. The van der Waals surface area contributed by atoms with Gasteiger partial charge >= 0.3 is 5.97 Å². The van der Waals surface area contributed by atoms with Gasteiger partial charge in [-0.1, -0.05) is 61.9 Å². The second-order valence-electron chi connectivity index (χ2n) is 9.14. The molecule has 4 aromatic rings. The SMILES string of the molecule is CCCCOC(=O)c1ccc(NC(=O)C(Sc2ccc(NC(=O)COc3ccccc3)cc2)c2ccccc2)cc1. The van der Waals surface area contributed by atoms with Crippen LogP contribution in [0.4, 0.5) is 11.4 Å². The summed E-state index contributed by atoms with van der Waals surface area (Å²) < 4.78 is 10.7. The predicted molar refractivity (Wildman–Crippen MR) is 162 cm³/mol. The number of hydrogen-bond donors (Lipinski definition) is 2. The molecule has 0 aromatic heterocycles. The predicted octanol–water partition coefficient (Wildman–Crippen LogP) is 7.13. The Bertz CT molecular complexity index is 1410. The number of benzene rings is 4. The number of thioether (sulfide) groups is 1. The summed E-state index contributed by atoms with van der Waals surface area (Å²) in [6.07, 6.45) is 1.77. The van der Waals surface area contributed by atoms with E-state index < -0.39 is 5.25 Å². The van der Waals surface area contributed by atoms with Gasteiger partial charge in [-0.2, -0.15) is 0 Å². The summed E-state index contributed by atoms with van der Waals surface area (Å²) in [6.45, 7) is 2.32. The van der Waals surface area contributed by atoms with Crippen LogP contribution in [0.2, 0.25) is 0 Å². The van der Waals surface area contributed by atoms with Gasteiger partial charge in [0.1, 0.15) is 11.0 Å². The van der Waals surface area contributed by atoms with E-state index in [9.17, 15) is 14.4 Å². The van der Waals surface area contributed by atoms with Crippen molar-refractivity contribution in [3.05, 3.63) is 120 Å². The largest absolute Gasteiger partial charge is 0.484 e. The maximum absolute atomic E-state index is 13.4. The van der Waals surface area contributed by atoms with E-state index in [1.54, 1.807) is 48.5 Å². The first kappa shape index (κ1) is 29.4. The summed E-state index contributed by atoms with van der Waals surface area (Å²) in [5.74, 6) is -0.219. The van der Waals surface area contributed by atoms with Gasteiger partial charge in [0.15, 0.2) is 6.61 Å². The molecule has 0 heterocycles. The molecule has 0 aliphatic carbocycles. The molecular formula is C33H32N2O5S. The van der Waals surface area contributed by atoms with E-state index in [4.69, 9.17) is 9.47 Å². The zero-order valence-corrected chi connectivity index (χ0v) is 23.6. The van der Waals surface area contributed by atoms with E-state index in [1.165, 1.54) is 11.8 Å². The van der Waals surface area contributed by atoms with E-state index in [-0.39, 0.29) is 24.4 Å². The summed E-state index contributed by atoms with van der Waals surface area (Å²) in [5, 5.41) is 5.25. The first-order valence-electron chi connectivity index (χ1n) is 13.4. The molecule has 210 valence electrons. The van der Waals surface area contributed by atoms with Crippen LogP contribution in [0.3, 0.4) is 0 Å². The third-order valence-electron chi connectivity index (χ3n) is 5.96. The topological polar surface area (TPSA) is 93.7 Å². The second kappa shape index (κ2) is 15.3. The van der Waals surface area contributed by atoms with Gasteiger partial charge in [-0.3, -0.25) is 9.59 Å². The molecule has 7 nitrogen and oxygen atoms in total.